The number of hydrogen-bond donors (Lipinski definition) is 0. The molecule has 5 nitrogen and oxygen atoms in total. The van der Waals surface area contributed by atoms with Gasteiger partial charge in [0, 0.05) is 18.7 Å². The Balaban J connectivity index is 1.67. The monoisotopic (exact) mass is 368 g/mol. The van der Waals surface area contributed by atoms with Gasteiger partial charge in [0.25, 0.3) is 5.91 Å². The lowest BCUT2D eigenvalue weighted by molar-refractivity contribution is -0.117. The fourth-order valence-electron chi connectivity index (χ4n) is 3.06. The Bertz CT molecular complexity index is 1030. The zero-order valence-corrected chi connectivity index (χ0v) is 15.6. The van der Waals surface area contributed by atoms with Gasteiger partial charge in [-0.15, -0.1) is 0 Å². The first-order chi connectivity index (χ1) is 12.7. The number of fused-ring (bicyclic) bond motifs is 2. The summed E-state index contributed by atoms with van der Waals surface area (Å²) >= 11 is 1.50. The second-order valence-electron chi connectivity index (χ2n) is 6.15. The van der Waals surface area contributed by atoms with Crippen LogP contribution in [0.3, 0.4) is 0 Å². The number of rotatable bonds is 4. The third-order valence-electron chi connectivity index (χ3n) is 4.50. The molecule has 1 aliphatic heterocycles. The fraction of sp³-hybridized carbons (Fsp3) is 0.300. The predicted molar refractivity (Wildman–Crippen MR) is 102 cm³/mol. The summed E-state index contributed by atoms with van der Waals surface area (Å²) in [4.78, 5) is 17.5. The first-order valence-electron chi connectivity index (χ1n) is 8.76. The molecule has 2 aromatic carbocycles. The summed E-state index contributed by atoms with van der Waals surface area (Å²) in [7, 11) is 0. The summed E-state index contributed by atoms with van der Waals surface area (Å²) in [5, 5.41) is 0. The van der Waals surface area contributed by atoms with E-state index in [1.807, 2.05) is 35.8 Å². The Morgan fingerprint density at radius 2 is 1.81 bits per heavy atom. The van der Waals surface area contributed by atoms with Gasteiger partial charge in [0.2, 0.25) is 6.79 Å². The zero-order chi connectivity index (χ0) is 18.1. The van der Waals surface area contributed by atoms with E-state index in [4.69, 9.17) is 9.47 Å². The number of carbonyl (C=O) groups is 1. The molecule has 0 spiro atoms. The normalized spacial score (nSPS) is 13.5. The number of aryl methyl sites for hydroxylation is 2. The van der Waals surface area contributed by atoms with Gasteiger partial charge >= 0.3 is 0 Å². The van der Waals surface area contributed by atoms with Crippen molar-refractivity contribution in [1.29, 1.82) is 0 Å². The van der Waals surface area contributed by atoms with E-state index in [1.165, 1.54) is 16.9 Å². The smallest absolute Gasteiger partial charge is 0.252 e. The van der Waals surface area contributed by atoms with Gasteiger partial charge in [-0.25, -0.2) is 0 Å². The summed E-state index contributed by atoms with van der Waals surface area (Å²) in [6.45, 7) is 5.15. The number of thiazole rings is 1. The summed E-state index contributed by atoms with van der Waals surface area (Å²) in [6.07, 6.45) is 1.30. The van der Waals surface area contributed by atoms with Crippen LogP contribution in [-0.4, -0.2) is 17.3 Å². The van der Waals surface area contributed by atoms with E-state index in [0.29, 0.717) is 11.2 Å². The molecule has 1 aromatic heterocycles. The lowest BCUT2D eigenvalue weighted by Gasteiger charge is -2.02. The summed E-state index contributed by atoms with van der Waals surface area (Å²) in [6, 6.07) is 12.1. The van der Waals surface area contributed by atoms with Crippen LogP contribution in [0.5, 0.6) is 11.5 Å². The predicted octanol–water partition coefficient (Wildman–Crippen LogP) is 3.68. The van der Waals surface area contributed by atoms with E-state index in [2.05, 4.69) is 24.0 Å². The quantitative estimate of drug-likeness (QED) is 0.706. The van der Waals surface area contributed by atoms with Gasteiger partial charge in [0.15, 0.2) is 16.3 Å². The van der Waals surface area contributed by atoms with Crippen molar-refractivity contribution < 1.29 is 14.3 Å². The maximum absolute atomic E-state index is 12.5. The Labute approximate surface area is 155 Å². The Morgan fingerprint density at radius 3 is 2.50 bits per heavy atom. The molecule has 1 amide bonds. The molecule has 0 N–H and O–H groups in total. The number of ether oxygens (including phenoxy) is 2. The second-order valence-corrected chi connectivity index (χ2v) is 7.16. The minimum absolute atomic E-state index is 0.136. The highest BCUT2D eigenvalue weighted by Crippen LogP contribution is 2.36. The zero-order valence-electron chi connectivity index (χ0n) is 14.8. The third kappa shape index (κ3) is 3.12. The first kappa shape index (κ1) is 16.8. The number of amides is 1. The van der Waals surface area contributed by atoms with Gasteiger partial charge in [-0.3, -0.25) is 4.79 Å². The average molecular weight is 368 g/mol. The maximum atomic E-state index is 12.5. The van der Waals surface area contributed by atoms with E-state index in [9.17, 15) is 4.79 Å². The van der Waals surface area contributed by atoms with Gasteiger partial charge in [-0.2, -0.15) is 4.99 Å². The van der Waals surface area contributed by atoms with Gasteiger partial charge in [-0.05, 0) is 24.5 Å². The van der Waals surface area contributed by atoms with Crippen molar-refractivity contribution in [2.75, 3.05) is 6.79 Å². The number of hydrogen-bond acceptors (Lipinski definition) is 4. The van der Waals surface area contributed by atoms with E-state index >= 15 is 0 Å². The molecular formula is C20H20N2O3S. The third-order valence-corrected chi connectivity index (χ3v) is 5.54. The van der Waals surface area contributed by atoms with E-state index in [0.717, 1.165) is 40.2 Å². The molecule has 1 aliphatic rings. The SMILES string of the molecule is CCc1ccc(CC(=O)N=c2sc3cc4c(cc3n2CC)OCO4)cc1. The van der Waals surface area contributed by atoms with E-state index in [1.54, 1.807) is 0 Å². The minimum Gasteiger partial charge on any atom is -0.454 e. The molecule has 0 saturated carbocycles. The van der Waals surface area contributed by atoms with Crippen LogP contribution >= 0.6 is 11.3 Å². The molecule has 0 saturated heterocycles. The Kier molecular flexibility index (Phi) is 4.51. The highest BCUT2D eigenvalue weighted by atomic mass is 32.1. The van der Waals surface area contributed by atoms with Crippen molar-refractivity contribution in [2.45, 2.75) is 33.2 Å². The molecule has 26 heavy (non-hydrogen) atoms. The molecule has 0 aliphatic carbocycles. The largest absolute Gasteiger partial charge is 0.454 e. The van der Waals surface area contributed by atoms with E-state index < -0.39 is 0 Å². The standard InChI is InChI=1S/C20H20N2O3S/c1-3-13-5-7-14(8-6-13)9-19(23)21-20-22(4-2)15-10-16-17(25-12-24-16)11-18(15)26-20/h5-8,10-11H,3-4,9,12H2,1-2H3. The molecule has 4 rings (SSSR count). The van der Waals surface area contributed by atoms with Crippen molar-refractivity contribution in [1.82, 2.24) is 4.57 Å². The van der Waals surface area contributed by atoms with Crippen molar-refractivity contribution in [3.05, 3.63) is 52.3 Å². The van der Waals surface area contributed by atoms with Crippen LogP contribution in [0.1, 0.15) is 25.0 Å². The second kappa shape index (κ2) is 6.96. The molecule has 0 unspecified atom stereocenters. The molecular weight excluding hydrogens is 348 g/mol. The minimum atomic E-state index is -0.136. The van der Waals surface area contributed by atoms with Crippen LogP contribution in [0.25, 0.3) is 10.2 Å². The maximum Gasteiger partial charge on any atom is 0.252 e. The summed E-state index contributed by atoms with van der Waals surface area (Å²) in [5.41, 5.74) is 3.27. The summed E-state index contributed by atoms with van der Waals surface area (Å²) in [5.74, 6) is 1.35. The Morgan fingerprint density at radius 1 is 1.12 bits per heavy atom. The van der Waals surface area contributed by atoms with Crippen molar-refractivity contribution in [3.8, 4) is 11.5 Å². The molecule has 0 fully saturated rings. The number of aromatic nitrogens is 1. The topological polar surface area (TPSA) is 52.8 Å². The Hall–Kier alpha value is -2.60. The highest BCUT2D eigenvalue weighted by molar-refractivity contribution is 7.16. The van der Waals surface area contributed by atoms with Gasteiger partial charge < -0.3 is 14.0 Å². The average Bonchev–Trinajstić information content (AvgIpc) is 3.23. The van der Waals surface area contributed by atoms with Crippen LogP contribution in [-0.2, 0) is 24.2 Å². The summed E-state index contributed by atoms with van der Waals surface area (Å²) < 4.78 is 14.0. The molecule has 2 heterocycles. The van der Waals surface area contributed by atoms with Crippen molar-refractivity contribution >= 4 is 27.5 Å². The van der Waals surface area contributed by atoms with Gasteiger partial charge in [-0.1, -0.05) is 42.5 Å². The molecule has 0 bridgehead atoms. The molecule has 3 aromatic rings. The van der Waals surface area contributed by atoms with Crippen LogP contribution < -0.4 is 14.3 Å². The van der Waals surface area contributed by atoms with Crippen LogP contribution in [0.15, 0.2) is 41.4 Å². The lowest BCUT2D eigenvalue weighted by Crippen LogP contribution is -2.16. The highest BCUT2D eigenvalue weighted by Gasteiger charge is 2.17. The fourth-order valence-corrected chi connectivity index (χ4v) is 4.19. The van der Waals surface area contributed by atoms with Crippen LogP contribution in [0.4, 0.5) is 0 Å². The molecule has 134 valence electrons. The van der Waals surface area contributed by atoms with Gasteiger partial charge in [0.05, 0.1) is 16.6 Å². The number of nitrogens with zero attached hydrogens (tertiary/aromatic N) is 2. The van der Waals surface area contributed by atoms with Crippen LogP contribution in [0.2, 0.25) is 0 Å². The molecule has 0 atom stereocenters. The van der Waals surface area contributed by atoms with Crippen molar-refractivity contribution in [2.24, 2.45) is 4.99 Å². The van der Waals surface area contributed by atoms with Crippen LogP contribution in [0, 0.1) is 0 Å². The molecule has 6 heteroatoms. The van der Waals surface area contributed by atoms with Gasteiger partial charge in [0.1, 0.15) is 0 Å². The number of carbonyl (C=O) groups excluding carboxylic acids is 1. The molecule has 0 radical (unpaired) electrons. The van der Waals surface area contributed by atoms with E-state index in [-0.39, 0.29) is 12.7 Å². The first-order valence-corrected chi connectivity index (χ1v) is 9.58. The van der Waals surface area contributed by atoms with Crippen molar-refractivity contribution in [3.63, 3.8) is 0 Å². The lowest BCUT2D eigenvalue weighted by atomic mass is 10.1. The number of benzene rings is 2.